The second kappa shape index (κ2) is 10.4. The molecule has 0 atom stereocenters. The molecule has 1 heteroatoms. The van der Waals surface area contributed by atoms with Crippen LogP contribution in [0.3, 0.4) is 0 Å². The molecule has 1 aliphatic rings. The molecule has 0 bridgehead atoms. The van der Waals surface area contributed by atoms with Gasteiger partial charge in [-0.05, 0) is 80.0 Å². The summed E-state index contributed by atoms with van der Waals surface area (Å²) in [6, 6.07) is 59.5. The second-order valence-corrected chi connectivity index (χ2v) is 12.2. The molecule has 0 N–H and O–H groups in total. The maximum Gasteiger partial charge on any atom is 0.0549 e. The summed E-state index contributed by atoms with van der Waals surface area (Å²) in [4.78, 5) is 2.45. The first-order valence-corrected chi connectivity index (χ1v) is 15.4. The van der Waals surface area contributed by atoms with Crippen molar-refractivity contribution >= 4 is 27.8 Å². The quantitative estimate of drug-likeness (QED) is 0.201. The average Bonchev–Trinajstić information content (AvgIpc) is 3.33. The van der Waals surface area contributed by atoms with E-state index in [1.165, 1.54) is 61.0 Å². The van der Waals surface area contributed by atoms with Gasteiger partial charge in [0.15, 0.2) is 0 Å². The van der Waals surface area contributed by atoms with Crippen LogP contribution in [0.5, 0.6) is 0 Å². The van der Waals surface area contributed by atoms with Crippen molar-refractivity contribution in [2.75, 3.05) is 4.90 Å². The topological polar surface area (TPSA) is 3.24 Å². The van der Waals surface area contributed by atoms with E-state index < -0.39 is 0 Å². The summed E-state index contributed by atoms with van der Waals surface area (Å²) >= 11 is 0. The minimum absolute atomic E-state index is 0.123. The molecule has 0 aromatic heterocycles. The van der Waals surface area contributed by atoms with Gasteiger partial charge in [0.25, 0.3) is 0 Å². The Morgan fingerprint density at radius 1 is 0.455 bits per heavy atom. The van der Waals surface area contributed by atoms with Crippen LogP contribution < -0.4 is 4.90 Å². The monoisotopic (exact) mass is 563 g/mol. The SMILES string of the molecule is CC1(C)c2ccccc2-c2c(N(c3ccc(-c4ccccc4)cc3)c3ccc(-c4ccccc4)cc3)cc3ccccc3c21. The summed E-state index contributed by atoms with van der Waals surface area (Å²) in [6.07, 6.45) is 0. The highest BCUT2D eigenvalue weighted by atomic mass is 15.1. The Balaban J connectivity index is 1.38. The van der Waals surface area contributed by atoms with Crippen molar-refractivity contribution in [3.8, 4) is 33.4 Å². The molecular formula is C43H33N. The Morgan fingerprint density at radius 2 is 0.932 bits per heavy atom. The Labute approximate surface area is 259 Å². The molecule has 0 amide bonds. The highest BCUT2D eigenvalue weighted by molar-refractivity contribution is 6.06. The van der Waals surface area contributed by atoms with Crippen LogP contribution in [0.2, 0.25) is 0 Å². The Bertz CT molecular complexity index is 2020. The van der Waals surface area contributed by atoms with Crippen LogP contribution in [0.15, 0.2) is 164 Å². The molecule has 0 radical (unpaired) electrons. The van der Waals surface area contributed by atoms with Gasteiger partial charge in [0, 0.05) is 22.4 Å². The van der Waals surface area contributed by atoms with E-state index in [0.717, 1.165) is 11.4 Å². The van der Waals surface area contributed by atoms with Crippen molar-refractivity contribution in [2.24, 2.45) is 0 Å². The molecule has 0 heterocycles. The van der Waals surface area contributed by atoms with Crippen molar-refractivity contribution in [3.63, 3.8) is 0 Å². The maximum absolute atomic E-state index is 2.45. The number of rotatable bonds is 5. The molecule has 8 rings (SSSR count). The third-order valence-corrected chi connectivity index (χ3v) is 9.23. The van der Waals surface area contributed by atoms with E-state index in [1.54, 1.807) is 0 Å². The predicted molar refractivity (Wildman–Crippen MR) is 187 cm³/mol. The summed E-state index contributed by atoms with van der Waals surface area (Å²) in [5.41, 5.74) is 13.6. The first-order valence-electron chi connectivity index (χ1n) is 15.4. The number of hydrogen-bond donors (Lipinski definition) is 0. The molecular weight excluding hydrogens is 530 g/mol. The number of fused-ring (bicyclic) bond motifs is 5. The van der Waals surface area contributed by atoms with Gasteiger partial charge in [0.1, 0.15) is 0 Å². The Kier molecular flexibility index (Phi) is 6.20. The molecule has 7 aromatic carbocycles. The van der Waals surface area contributed by atoms with Gasteiger partial charge in [-0.25, -0.2) is 0 Å². The lowest BCUT2D eigenvalue weighted by atomic mass is 9.80. The predicted octanol–water partition coefficient (Wildman–Crippen LogP) is 11.9. The first kappa shape index (κ1) is 26.2. The first-order chi connectivity index (χ1) is 21.6. The van der Waals surface area contributed by atoms with E-state index in [2.05, 4.69) is 183 Å². The van der Waals surface area contributed by atoms with Crippen LogP contribution in [-0.4, -0.2) is 0 Å². The van der Waals surface area contributed by atoms with Crippen LogP contribution >= 0.6 is 0 Å². The van der Waals surface area contributed by atoms with E-state index in [9.17, 15) is 0 Å². The molecule has 0 fully saturated rings. The van der Waals surface area contributed by atoms with Crippen molar-refractivity contribution in [1.29, 1.82) is 0 Å². The highest BCUT2D eigenvalue weighted by Gasteiger charge is 2.39. The fourth-order valence-corrected chi connectivity index (χ4v) is 7.11. The van der Waals surface area contributed by atoms with Gasteiger partial charge in [0.2, 0.25) is 0 Å². The number of hydrogen-bond acceptors (Lipinski definition) is 1. The number of benzene rings is 7. The van der Waals surface area contributed by atoms with E-state index >= 15 is 0 Å². The van der Waals surface area contributed by atoms with Crippen molar-refractivity contribution in [2.45, 2.75) is 19.3 Å². The van der Waals surface area contributed by atoms with Crippen LogP contribution in [0, 0.1) is 0 Å². The minimum atomic E-state index is -0.123. The smallest absolute Gasteiger partial charge is 0.0549 e. The van der Waals surface area contributed by atoms with E-state index in [4.69, 9.17) is 0 Å². The van der Waals surface area contributed by atoms with Crippen molar-refractivity contribution in [3.05, 3.63) is 175 Å². The summed E-state index contributed by atoms with van der Waals surface area (Å²) in [5.74, 6) is 0. The Hall–Kier alpha value is -5.40. The fraction of sp³-hybridized carbons (Fsp3) is 0.0698. The molecule has 0 saturated heterocycles. The summed E-state index contributed by atoms with van der Waals surface area (Å²) < 4.78 is 0. The lowest BCUT2D eigenvalue weighted by molar-refractivity contribution is 0.666. The fourth-order valence-electron chi connectivity index (χ4n) is 7.11. The molecule has 44 heavy (non-hydrogen) atoms. The zero-order chi connectivity index (χ0) is 29.7. The van der Waals surface area contributed by atoms with Gasteiger partial charge in [0.05, 0.1) is 5.69 Å². The molecule has 1 aliphatic carbocycles. The van der Waals surface area contributed by atoms with Gasteiger partial charge < -0.3 is 4.90 Å². The molecule has 0 saturated carbocycles. The summed E-state index contributed by atoms with van der Waals surface area (Å²) in [6.45, 7) is 4.75. The standard InChI is InChI=1S/C43H33N/c1-43(2)39-20-12-11-19-38(39)41-40(29-34-17-9-10-18-37(34)42(41)43)44(35-25-21-32(22-26-35)30-13-5-3-6-14-30)36-27-23-33(24-28-36)31-15-7-4-8-16-31/h3-29H,1-2H3. The molecule has 0 aliphatic heterocycles. The van der Waals surface area contributed by atoms with Gasteiger partial charge in [-0.15, -0.1) is 0 Å². The summed E-state index contributed by atoms with van der Waals surface area (Å²) in [7, 11) is 0. The highest BCUT2D eigenvalue weighted by Crippen LogP contribution is 2.56. The summed E-state index contributed by atoms with van der Waals surface area (Å²) in [5, 5.41) is 2.58. The lowest BCUT2D eigenvalue weighted by Gasteiger charge is -2.30. The number of anilines is 3. The Morgan fingerprint density at radius 3 is 1.52 bits per heavy atom. The van der Waals surface area contributed by atoms with E-state index in [0.29, 0.717) is 0 Å². The van der Waals surface area contributed by atoms with Gasteiger partial charge in [-0.3, -0.25) is 0 Å². The van der Waals surface area contributed by atoms with Gasteiger partial charge in [-0.1, -0.05) is 147 Å². The van der Waals surface area contributed by atoms with Crippen LogP contribution in [-0.2, 0) is 5.41 Å². The number of nitrogens with zero attached hydrogens (tertiary/aromatic N) is 1. The van der Waals surface area contributed by atoms with Crippen molar-refractivity contribution < 1.29 is 0 Å². The third kappa shape index (κ3) is 4.24. The largest absolute Gasteiger partial charge is 0.310 e. The van der Waals surface area contributed by atoms with E-state index in [1.807, 2.05) is 0 Å². The van der Waals surface area contributed by atoms with Crippen molar-refractivity contribution in [1.82, 2.24) is 0 Å². The molecule has 0 unspecified atom stereocenters. The normalized spacial score (nSPS) is 13.0. The molecule has 1 nitrogen and oxygen atoms in total. The lowest BCUT2D eigenvalue weighted by Crippen LogP contribution is -2.16. The average molecular weight is 564 g/mol. The maximum atomic E-state index is 2.45. The van der Waals surface area contributed by atoms with Gasteiger partial charge in [-0.2, -0.15) is 0 Å². The minimum Gasteiger partial charge on any atom is -0.310 e. The molecule has 0 spiro atoms. The zero-order valence-corrected chi connectivity index (χ0v) is 25.0. The van der Waals surface area contributed by atoms with Crippen LogP contribution in [0.25, 0.3) is 44.2 Å². The van der Waals surface area contributed by atoms with Gasteiger partial charge >= 0.3 is 0 Å². The van der Waals surface area contributed by atoms with Crippen LogP contribution in [0.4, 0.5) is 17.1 Å². The van der Waals surface area contributed by atoms with Crippen LogP contribution in [0.1, 0.15) is 25.0 Å². The zero-order valence-electron chi connectivity index (χ0n) is 25.0. The van der Waals surface area contributed by atoms with E-state index in [-0.39, 0.29) is 5.41 Å². The second-order valence-electron chi connectivity index (χ2n) is 12.2. The molecule has 210 valence electrons. The molecule has 7 aromatic rings. The third-order valence-electron chi connectivity index (χ3n) is 9.23.